The predicted octanol–water partition coefficient (Wildman–Crippen LogP) is 0.839. The number of nitrogens with zero attached hydrogens (tertiary/aromatic N) is 1. The topological polar surface area (TPSA) is 76.5 Å². The van der Waals surface area contributed by atoms with E-state index >= 15 is 0 Å². The number of likely N-dealkylation sites (tertiary alicyclic amines) is 1. The average molecular weight is 250 g/mol. The average Bonchev–Trinajstić information content (AvgIpc) is 2.39. The number of carbonyl (C=O) groups excluding carboxylic acids is 1. The normalized spacial score (nSPS) is 24.0. The van der Waals surface area contributed by atoms with E-state index in [0.29, 0.717) is 24.6 Å². The summed E-state index contributed by atoms with van der Waals surface area (Å²) in [6.45, 7) is 3.31. The number of hydrogen-bond acceptors (Lipinski definition) is 4. The Morgan fingerprint density at radius 3 is 2.89 bits per heavy atom. The number of piperidine rings is 1. The van der Waals surface area contributed by atoms with E-state index in [1.807, 2.05) is 11.8 Å². The summed E-state index contributed by atoms with van der Waals surface area (Å²) in [7, 11) is 0. The number of nitrogens with two attached hydrogens (primary N) is 1. The summed E-state index contributed by atoms with van der Waals surface area (Å²) in [4.78, 5) is 25.0. The molecule has 0 spiro atoms. The summed E-state index contributed by atoms with van der Waals surface area (Å²) in [5, 5.41) is 0. The molecule has 1 aromatic heterocycles. The molecule has 2 heterocycles. The van der Waals surface area contributed by atoms with Crippen LogP contribution in [0.3, 0.4) is 0 Å². The molecule has 0 bridgehead atoms. The maximum Gasteiger partial charge on any atom is 0.335 e. The highest BCUT2D eigenvalue weighted by Crippen LogP contribution is 2.22. The molecule has 2 atom stereocenters. The first-order chi connectivity index (χ1) is 8.61. The zero-order chi connectivity index (χ0) is 13.1. The Bertz CT molecular complexity index is 463. The molecule has 2 unspecified atom stereocenters. The first-order valence-corrected chi connectivity index (χ1v) is 6.21. The smallest absolute Gasteiger partial charge is 0.335 e. The van der Waals surface area contributed by atoms with Crippen molar-refractivity contribution in [3.63, 3.8) is 0 Å². The molecule has 5 nitrogen and oxygen atoms in total. The molecule has 5 heteroatoms. The number of rotatable bonds is 2. The summed E-state index contributed by atoms with van der Waals surface area (Å²) in [6, 6.07) is 2.97. The fourth-order valence-electron chi connectivity index (χ4n) is 2.30. The van der Waals surface area contributed by atoms with Crippen LogP contribution in [0.25, 0.3) is 0 Å². The molecule has 1 amide bonds. The van der Waals surface area contributed by atoms with E-state index in [1.54, 1.807) is 0 Å². The Kier molecular flexibility index (Phi) is 3.81. The zero-order valence-electron chi connectivity index (χ0n) is 10.5. The van der Waals surface area contributed by atoms with E-state index < -0.39 is 5.63 Å². The van der Waals surface area contributed by atoms with Crippen molar-refractivity contribution in [2.75, 3.05) is 13.1 Å². The Morgan fingerprint density at radius 1 is 1.50 bits per heavy atom. The van der Waals surface area contributed by atoms with Crippen molar-refractivity contribution in [1.29, 1.82) is 0 Å². The highest BCUT2D eigenvalue weighted by Gasteiger charge is 2.29. The van der Waals surface area contributed by atoms with E-state index in [1.165, 1.54) is 18.4 Å². The van der Waals surface area contributed by atoms with Crippen molar-refractivity contribution in [3.05, 3.63) is 34.4 Å². The van der Waals surface area contributed by atoms with Gasteiger partial charge in [0.25, 0.3) is 5.91 Å². The van der Waals surface area contributed by atoms with Gasteiger partial charge >= 0.3 is 5.63 Å². The van der Waals surface area contributed by atoms with Crippen molar-refractivity contribution in [2.45, 2.75) is 25.8 Å². The van der Waals surface area contributed by atoms with E-state index in [-0.39, 0.29) is 11.9 Å². The summed E-state index contributed by atoms with van der Waals surface area (Å²) in [6.07, 6.45) is 3.25. The Labute approximate surface area is 106 Å². The monoisotopic (exact) mass is 250 g/mol. The third kappa shape index (κ3) is 2.61. The van der Waals surface area contributed by atoms with Gasteiger partial charge in [0.05, 0.1) is 5.56 Å². The first kappa shape index (κ1) is 12.8. The van der Waals surface area contributed by atoms with Gasteiger partial charge in [-0.1, -0.05) is 0 Å². The van der Waals surface area contributed by atoms with Crippen LogP contribution in [0.5, 0.6) is 0 Å². The zero-order valence-corrected chi connectivity index (χ0v) is 10.5. The fourth-order valence-corrected chi connectivity index (χ4v) is 2.30. The van der Waals surface area contributed by atoms with Gasteiger partial charge < -0.3 is 15.1 Å². The van der Waals surface area contributed by atoms with Crippen LogP contribution in [-0.2, 0) is 0 Å². The van der Waals surface area contributed by atoms with Crippen molar-refractivity contribution in [1.82, 2.24) is 4.90 Å². The minimum absolute atomic E-state index is 0.0931. The van der Waals surface area contributed by atoms with Crippen molar-refractivity contribution in [2.24, 2.45) is 11.7 Å². The molecular formula is C13H18N2O3. The van der Waals surface area contributed by atoms with Gasteiger partial charge in [-0.15, -0.1) is 0 Å². The third-order valence-corrected chi connectivity index (χ3v) is 3.52. The van der Waals surface area contributed by atoms with Crippen LogP contribution in [0.1, 0.15) is 30.1 Å². The van der Waals surface area contributed by atoms with Crippen LogP contribution in [0.4, 0.5) is 0 Å². The summed E-state index contributed by atoms with van der Waals surface area (Å²) >= 11 is 0. The highest BCUT2D eigenvalue weighted by molar-refractivity contribution is 5.94. The number of hydrogen-bond donors (Lipinski definition) is 1. The minimum Gasteiger partial charge on any atom is -0.430 e. The van der Waals surface area contributed by atoms with Crippen molar-refractivity contribution >= 4 is 5.91 Å². The molecule has 1 aromatic rings. The molecule has 0 saturated carbocycles. The second kappa shape index (κ2) is 5.35. The van der Waals surface area contributed by atoms with Gasteiger partial charge in [-0.2, -0.15) is 0 Å². The van der Waals surface area contributed by atoms with Gasteiger partial charge in [0.1, 0.15) is 6.26 Å². The molecule has 2 rings (SSSR count). The van der Waals surface area contributed by atoms with Crippen LogP contribution in [0.2, 0.25) is 0 Å². The lowest BCUT2D eigenvalue weighted by Crippen LogP contribution is -2.47. The summed E-state index contributed by atoms with van der Waals surface area (Å²) in [5.74, 6) is 0.269. The molecule has 98 valence electrons. The molecule has 18 heavy (non-hydrogen) atoms. The fraction of sp³-hybridized carbons (Fsp3) is 0.538. The maximum atomic E-state index is 12.3. The number of amides is 1. The van der Waals surface area contributed by atoms with Gasteiger partial charge in [-0.25, -0.2) is 4.79 Å². The lowest BCUT2D eigenvalue weighted by atomic mass is 9.93. The van der Waals surface area contributed by atoms with Crippen LogP contribution >= 0.6 is 0 Å². The SMILES string of the molecule is CC1CCC(CN)CN1C(=O)c1ccc(=O)oc1. The molecule has 1 fully saturated rings. The molecule has 0 radical (unpaired) electrons. The first-order valence-electron chi connectivity index (χ1n) is 6.21. The Hall–Kier alpha value is -1.62. The lowest BCUT2D eigenvalue weighted by molar-refractivity contribution is 0.0564. The molecule has 1 aliphatic rings. The van der Waals surface area contributed by atoms with E-state index in [2.05, 4.69) is 0 Å². The second-order valence-corrected chi connectivity index (χ2v) is 4.83. The van der Waals surface area contributed by atoms with Gasteiger partial charge in [0.2, 0.25) is 0 Å². The van der Waals surface area contributed by atoms with Crippen LogP contribution in [0.15, 0.2) is 27.6 Å². The Balaban J connectivity index is 2.16. The van der Waals surface area contributed by atoms with Gasteiger partial charge in [0.15, 0.2) is 0 Å². The standard InChI is InChI=1S/C13H18N2O3/c1-9-2-3-10(6-14)7-15(9)13(17)11-4-5-12(16)18-8-11/h4-5,8-10H,2-3,6-7,14H2,1H3. The van der Waals surface area contributed by atoms with Crippen LogP contribution in [-0.4, -0.2) is 29.9 Å². The predicted molar refractivity (Wildman–Crippen MR) is 67.3 cm³/mol. The maximum absolute atomic E-state index is 12.3. The largest absolute Gasteiger partial charge is 0.430 e. The molecular weight excluding hydrogens is 232 g/mol. The van der Waals surface area contributed by atoms with Crippen LogP contribution in [0, 0.1) is 5.92 Å². The summed E-state index contributed by atoms with van der Waals surface area (Å²) < 4.78 is 4.73. The van der Waals surface area contributed by atoms with Gasteiger partial charge in [0, 0.05) is 18.7 Å². The van der Waals surface area contributed by atoms with Gasteiger partial charge in [-0.05, 0) is 38.3 Å². The lowest BCUT2D eigenvalue weighted by Gasteiger charge is -2.37. The van der Waals surface area contributed by atoms with E-state index in [0.717, 1.165) is 12.8 Å². The summed E-state index contributed by atoms with van der Waals surface area (Å²) in [5.41, 5.74) is 5.64. The minimum atomic E-state index is -0.446. The molecule has 1 aliphatic heterocycles. The van der Waals surface area contributed by atoms with Crippen molar-refractivity contribution in [3.8, 4) is 0 Å². The third-order valence-electron chi connectivity index (χ3n) is 3.52. The molecule has 1 saturated heterocycles. The van der Waals surface area contributed by atoms with E-state index in [4.69, 9.17) is 10.2 Å². The molecule has 0 aromatic carbocycles. The van der Waals surface area contributed by atoms with Crippen LogP contribution < -0.4 is 11.4 Å². The van der Waals surface area contributed by atoms with E-state index in [9.17, 15) is 9.59 Å². The van der Waals surface area contributed by atoms with Gasteiger partial charge in [-0.3, -0.25) is 4.79 Å². The van der Waals surface area contributed by atoms with Crippen molar-refractivity contribution < 1.29 is 9.21 Å². The quantitative estimate of drug-likeness (QED) is 0.843. The number of carbonyl (C=O) groups is 1. The highest BCUT2D eigenvalue weighted by atomic mass is 16.4. The molecule has 0 aliphatic carbocycles. The Morgan fingerprint density at radius 2 is 2.28 bits per heavy atom. The molecule has 2 N–H and O–H groups in total. The second-order valence-electron chi connectivity index (χ2n) is 4.83.